The standard InChI is InChI=1S/C15H20N2O4.ClH/c18-11-6-5-10(15-14(11)17-13(20)8-21-15)12(19)7-16-9-3-1-2-4-9;/h5-6,9,12,16,18-19H,1-4,7-8H2,(H,17,20);1H. The maximum atomic E-state index is 11.3. The monoisotopic (exact) mass is 328 g/mol. The third-order valence-electron chi connectivity index (χ3n) is 4.09. The lowest BCUT2D eigenvalue weighted by Gasteiger charge is -2.24. The summed E-state index contributed by atoms with van der Waals surface area (Å²) in [5, 5.41) is 26.1. The van der Waals surface area contributed by atoms with Crippen LogP contribution in [0.25, 0.3) is 0 Å². The van der Waals surface area contributed by atoms with Gasteiger partial charge in [-0.25, -0.2) is 0 Å². The predicted octanol–water partition coefficient (Wildman–Crippen LogP) is 1.71. The quantitative estimate of drug-likeness (QED) is 0.632. The number of hydrogen-bond acceptors (Lipinski definition) is 5. The van der Waals surface area contributed by atoms with Crippen molar-refractivity contribution < 1.29 is 19.7 Å². The van der Waals surface area contributed by atoms with Gasteiger partial charge in [0.1, 0.15) is 11.4 Å². The van der Waals surface area contributed by atoms with Crippen molar-refractivity contribution in [2.24, 2.45) is 0 Å². The van der Waals surface area contributed by atoms with Crippen molar-refractivity contribution in [2.45, 2.75) is 37.8 Å². The summed E-state index contributed by atoms with van der Waals surface area (Å²) in [6.45, 7) is 0.325. The van der Waals surface area contributed by atoms with E-state index in [9.17, 15) is 15.0 Å². The molecule has 0 saturated heterocycles. The first-order valence-corrected chi connectivity index (χ1v) is 7.35. The van der Waals surface area contributed by atoms with Crippen molar-refractivity contribution in [3.05, 3.63) is 17.7 Å². The molecule has 2 aliphatic rings. The molecular weight excluding hydrogens is 308 g/mol. The Morgan fingerprint density at radius 3 is 2.82 bits per heavy atom. The summed E-state index contributed by atoms with van der Waals surface area (Å²) in [5.41, 5.74) is 0.817. The van der Waals surface area contributed by atoms with E-state index in [1.165, 1.54) is 18.9 Å². The molecule has 1 amide bonds. The highest BCUT2D eigenvalue weighted by atomic mass is 35.5. The fourth-order valence-electron chi connectivity index (χ4n) is 2.96. The van der Waals surface area contributed by atoms with Gasteiger partial charge in [0.15, 0.2) is 12.4 Å². The van der Waals surface area contributed by atoms with Crippen LogP contribution in [0.4, 0.5) is 5.69 Å². The van der Waals surface area contributed by atoms with E-state index in [0.29, 0.717) is 23.9 Å². The number of aliphatic hydroxyl groups is 1. The lowest BCUT2D eigenvalue weighted by molar-refractivity contribution is -0.118. The molecule has 1 atom stereocenters. The smallest absolute Gasteiger partial charge is 0.262 e. The second-order valence-electron chi connectivity index (χ2n) is 5.62. The molecule has 0 aromatic heterocycles. The number of aliphatic hydroxyl groups excluding tert-OH is 1. The van der Waals surface area contributed by atoms with Crippen LogP contribution >= 0.6 is 12.4 Å². The molecule has 4 N–H and O–H groups in total. The summed E-state index contributed by atoms with van der Waals surface area (Å²) < 4.78 is 5.38. The van der Waals surface area contributed by atoms with Gasteiger partial charge in [-0.2, -0.15) is 0 Å². The van der Waals surface area contributed by atoms with E-state index in [2.05, 4.69) is 10.6 Å². The van der Waals surface area contributed by atoms with E-state index in [1.807, 2.05) is 0 Å². The summed E-state index contributed by atoms with van der Waals surface area (Å²) >= 11 is 0. The molecule has 0 radical (unpaired) electrons. The van der Waals surface area contributed by atoms with Crippen LogP contribution in [0, 0.1) is 0 Å². The summed E-state index contributed by atoms with van der Waals surface area (Å²) in [7, 11) is 0. The van der Waals surface area contributed by atoms with E-state index < -0.39 is 6.10 Å². The predicted molar refractivity (Wildman–Crippen MR) is 84.7 cm³/mol. The maximum absolute atomic E-state index is 11.3. The van der Waals surface area contributed by atoms with Gasteiger partial charge in [0.2, 0.25) is 0 Å². The maximum Gasteiger partial charge on any atom is 0.262 e. The Morgan fingerprint density at radius 1 is 1.36 bits per heavy atom. The van der Waals surface area contributed by atoms with Crippen LogP contribution in [-0.2, 0) is 4.79 Å². The third kappa shape index (κ3) is 3.45. The van der Waals surface area contributed by atoms with Crippen LogP contribution in [0.3, 0.4) is 0 Å². The number of phenols is 1. The van der Waals surface area contributed by atoms with Gasteiger partial charge in [0, 0.05) is 18.2 Å². The highest BCUT2D eigenvalue weighted by Gasteiger charge is 2.26. The average molecular weight is 329 g/mol. The molecule has 22 heavy (non-hydrogen) atoms. The highest BCUT2D eigenvalue weighted by molar-refractivity contribution is 5.97. The van der Waals surface area contributed by atoms with Crippen molar-refractivity contribution in [1.29, 1.82) is 0 Å². The van der Waals surface area contributed by atoms with Gasteiger partial charge >= 0.3 is 0 Å². The first-order valence-electron chi connectivity index (χ1n) is 7.35. The molecule has 1 saturated carbocycles. The molecule has 0 bridgehead atoms. The number of phenolic OH excluding ortho intramolecular Hbond substituents is 1. The molecule has 3 rings (SSSR count). The fourth-order valence-corrected chi connectivity index (χ4v) is 2.96. The number of rotatable bonds is 4. The van der Waals surface area contributed by atoms with Crippen LogP contribution in [0.2, 0.25) is 0 Å². The summed E-state index contributed by atoms with van der Waals surface area (Å²) in [6, 6.07) is 3.56. The largest absolute Gasteiger partial charge is 0.506 e. The number of hydrogen-bond donors (Lipinski definition) is 4. The van der Waals surface area contributed by atoms with Gasteiger partial charge in [-0.15, -0.1) is 12.4 Å². The molecule has 1 heterocycles. The first-order chi connectivity index (χ1) is 10.1. The Balaban J connectivity index is 0.00000176. The number of carbonyl (C=O) groups excluding carboxylic acids is 1. The molecule has 1 aromatic rings. The Bertz CT molecular complexity index is 547. The number of anilines is 1. The van der Waals surface area contributed by atoms with Crippen LogP contribution in [-0.4, -0.2) is 35.3 Å². The van der Waals surface area contributed by atoms with Gasteiger partial charge in [-0.3, -0.25) is 4.79 Å². The molecule has 1 fully saturated rings. The van der Waals surface area contributed by atoms with E-state index >= 15 is 0 Å². The van der Waals surface area contributed by atoms with Crippen molar-refractivity contribution in [3.8, 4) is 11.5 Å². The number of carbonyl (C=O) groups is 1. The number of aromatic hydroxyl groups is 1. The van der Waals surface area contributed by atoms with Gasteiger partial charge < -0.3 is 25.6 Å². The summed E-state index contributed by atoms with van der Waals surface area (Å²) in [4.78, 5) is 11.3. The zero-order valence-corrected chi connectivity index (χ0v) is 13.0. The fraction of sp³-hybridized carbons (Fsp3) is 0.533. The Hall–Kier alpha value is -1.50. The average Bonchev–Trinajstić information content (AvgIpc) is 2.99. The molecule has 122 valence electrons. The van der Waals surface area contributed by atoms with Crippen LogP contribution in [0.1, 0.15) is 37.4 Å². The Kier molecular flexibility index (Phi) is 5.50. The first kappa shape index (κ1) is 16.9. The van der Waals surface area contributed by atoms with Crippen molar-refractivity contribution in [3.63, 3.8) is 0 Å². The van der Waals surface area contributed by atoms with Gasteiger partial charge in [-0.05, 0) is 25.0 Å². The normalized spacial score (nSPS) is 18.9. The van der Waals surface area contributed by atoms with E-state index in [-0.39, 0.29) is 36.4 Å². The number of ether oxygens (including phenoxy) is 1. The van der Waals surface area contributed by atoms with Crippen molar-refractivity contribution in [2.75, 3.05) is 18.5 Å². The Labute approximate surface area is 135 Å². The summed E-state index contributed by atoms with van der Waals surface area (Å²) in [5.74, 6) is -0.0124. The number of nitrogens with one attached hydrogen (secondary N) is 2. The van der Waals surface area contributed by atoms with Crippen molar-refractivity contribution in [1.82, 2.24) is 5.32 Å². The lowest BCUT2D eigenvalue weighted by Crippen LogP contribution is -2.31. The van der Waals surface area contributed by atoms with Crippen LogP contribution < -0.4 is 15.4 Å². The minimum Gasteiger partial charge on any atom is -0.506 e. The number of amides is 1. The minimum absolute atomic E-state index is 0. The number of halogens is 1. The zero-order valence-electron chi connectivity index (χ0n) is 12.2. The van der Waals surface area contributed by atoms with Crippen molar-refractivity contribution >= 4 is 24.0 Å². The third-order valence-corrected chi connectivity index (χ3v) is 4.09. The molecule has 1 aliphatic carbocycles. The van der Waals surface area contributed by atoms with E-state index in [1.54, 1.807) is 6.07 Å². The van der Waals surface area contributed by atoms with E-state index in [0.717, 1.165) is 12.8 Å². The molecular formula is C15H21ClN2O4. The van der Waals surface area contributed by atoms with Crippen LogP contribution in [0.5, 0.6) is 11.5 Å². The molecule has 0 spiro atoms. The second kappa shape index (κ2) is 7.17. The minimum atomic E-state index is -0.741. The number of fused-ring (bicyclic) bond motifs is 1. The molecule has 1 unspecified atom stereocenters. The van der Waals surface area contributed by atoms with Gasteiger partial charge in [0.05, 0.1) is 6.10 Å². The van der Waals surface area contributed by atoms with Gasteiger partial charge in [0.25, 0.3) is 5.91 Å². The zero-order chi connectivity index (χ0) is 14.8. The second-order valence-corrected chi connectivity index (χ2v) is 5.62. The molecule has 1 aliphatic heterocycles. The molecule has 6 nitrogen and oxygen atoms in total. The topological polar surface area (TPSA) is 90.8 Å². The highest BCUT2D eigenvalue weighted by Crippen LogP contribution is 2.41. The lowest BCUT2D eigenvalue weighted by atomic mass is 10.0. The number of benzene rings is 1. The molecule has 7 heteroatoms. The molecule has 1 aromatic carbocycles. The van der Waals surface area contributed by atoms with Gasteiger partial charge in [-0.1, -0.05) is 12.8 Å². The van der Waals surface area contributed by atoms with E-state index in [4.69, 9.17) is 4.74 Å². The summed E-state index contributed by atoms with van der Waals surface area (Å²) in [6.07, 6.45) is 4.02. The Morgan fingerprint density at radius 2 is 2.09 bits per heavy atom. The SMILES string of the molecule is Cl.O=C1COc2c(C(O)CNC3CCCC3)ccc(O)c2N1. The van der Waals surface area contributed by atoms with Crippen LogP contribution in [0.15, 0.2) is 12.1 Å².